The van der Waals surface area contributed by atoms with Gasteiger partial charge in [0.1, 0.15) is 5.76 Å². The Kier molecular flexibility index (Phi) is 1.67. The minimum Gasteiger partial charge on any atom is -0.439 e. The zero-order valence-electron chi connectivity index (χ0n) is 5.67. The second-order valence-corrected chi connectivity index (χ2v) is 3.35. The van der Waals surface area contributed by atoms with Crippen molar-refractivity contribution < 1.29 is 4.74 Å². The van der Waals surface area contributed by atoms with Gasteiger partial charge in [0.25, 0.3) is 5.23 Å². The lowest BCUT2D eigenvalue weighted by Gasteiger charge is -2.13. The average Bonchev–Trinajstić information content (AvgIpc) is 2.29. The lowest BCUT2D eigenvalue weighted by atomic mass is 10.1. The second-order valence-electron chi connectivity index (χ2n) is 2.31. The van der Waals surface area contributed by atoms with Gasteiger partial charge in [0, 0.05) is 12.2 Å². The van der Waals surface area contributed by atoms with Gasteiger partial charge in [-0.3, -0.25) is 0 Å². The third-order valence-corrected chi connectivity index (χ3v) is 2.38. The summed E-state index contributed by atoms with van der Waals surface area (Å²) in [6.45, 7) is 0.924. The zero-order valence-corrected chi connectivity index (χ0v) is 6.49. The van der Waals surface area contributed by atoms with E-state index < -0.39 is 0 Å². The molecule has 0 atom stereocenters. The number of hydrogen-bond donors (Lipinski definition) is 0. The Balaban J connectivity index is 1.89. The molecular weight excluding hydrogens is 146 g/mol. The lowest BCUT2D eigenvalue weighted by molar-refractivity contribution is 0.379. The predicted octanol–water partition coefficient (Wildman–Crippen LogP) is 1.78. The maximum Gasteiger partial charge on any atom is 0.251 e. The van der Waals surface area contributed by atoms with E-state index in [2.05, 4.69) is 11.1 Å². The molecule has 0 N–H and O–H groups in total. The smallest absolute Gasteiger partial charge is 0.251 e. The molecule has 54 valence electrons. The van der Waals surface area contributed by atoms with Crippen LogP contribution in [0.2, 0.25) is 0 Å². The molecule has 0 saturated heterocycles. The lowest BCUT2D eigenvalue weighted by Crippen LogP contribution is -2.02. The van der Waals surface area contributed by atoms with Crippen molar-refractivity contribution in [2.24, 2.45) is 4.99 Å². The van der Waals surface area contributed by atoms with Crippen LogP contribution in [0.15, 0.2) is 16.8 Å². The van der Waals surface area contributed by atoms with Crippen LogP contribution >= 0.6 is 11.8 Å². The first-order chi connectivity index (χ1) is 4.95. The summed E-state index contributed by atoms with van der Waals surface area (Å²) in [4.78, 5) is 4.17. The number of rotatable bonds is 1. The largest absolute Gasteiger partial charge is 0.439 e. The fourth-order valence-electron chi connectivity index (χ4n) is 0.844. The average molecular weight is 155 g/mol. The number of nitrogens with zero attached hydrogens (tertiary/aromatic N) is 1. The Morgan fingerprint density at radius 3 is 3.00 bits per heavy atom. The number of thioether (sulfide) groups is 1. The van der Waals surface area contributed by atoms with E-state index in [-0.39, 0.29) is 0 Å². The zero-order chi connectivity index (χ0) is 6.81. The van der Waals surface area contributed by atoms with Crippen LogP contribution in [0.1, 0.15) is 12.8 Å². The highest BCUT2D eigenvalue weighted by Crippen LogP contribution is 2.23. The first-order valence-corrected chi connectivity index (χ1v) is 4.48. The Labute approximate surface area is 64.4 Å². The quantitative estimate of drug-likeness (QED) is 0.575. The van der Waals surface area contributed by atoms with E-state index in [1.54, 1.807) is 11.8 Å². The van der Waals surface area contributed by atoms with Gasteiger partial charge >= 0.3 is 0 Å². The summed E-state index contributed by atoms with van der Waals surface area (Å²) in [5, 5.41) is 0.867. The van der Waals surface area contributed by atoms with Crippen molar-refractivity contribution in [1.82, 2.24) is 0 Å². The van der Waals surface area contributed by atoms with Crippen molar-refractivity contribution >= 4 is 17.0 Å². The third kappa shape index (κ3) is 1.19. The predicted molar refractivity (Wildman–Crippen MR) is 43.2 cm³/mol. The van der Waals surface area contributed by atoms with Crippen molar-refractivity contribution in [2.45, 2.75) is 12.8 Å². The van der Waals surface area contributed by atoms with E-state index in [0.29, 0.717) is 0 Å². The van der Waals surface area contributed by atoms with Crippen molar-refractivity contribution in [3.05, 3.63) is 11.8 Å². The molecular formula is C7H9NOS. The van der Waals surface area contributed by atoms with Gasteiger partial charge in [0.05, 0.1) is 6.54 Å². The summed E-state index contributed by atoms with van der Waals surface area (Å²) < 4.78 is 5.42. The first kappa shape index (κ1) is 6.28. The molecule has 0 aromatic carbocycles. The SMILES string of the molecule is C1=C(OC2=NCCS2)CC1. The highest BCUT2D eigenvalue weighted by molar-refractivity contribution is 8.13. The molecule has 0 saturated carbocycles. The fraction of sp³-hybridized carbons (Fsp3) is 0.571. The molecule has 2 rings (SSSR count). The normalized spacial score (nSPS) is 23.2. The number of allylic oxidation sites excluding steroid dienone is 2. The van der Waals surface area contributed by atoms with E-state index in [4.69, 9.17) is 4.74 Å². The molecule has 1 heterocycles. The van der Waals surface area contributed by atoms with Gasteiger partial charge < -0.3 is 4.74 Å². The summed E-state index contributed by atoms with van der Waals surface area (Å²) in [7, 11) is 0. The standard InChI is InChI=1S/C7H9NOS/c1-2-6(3-1)9-7-8-4-5-10-7/h2H,1,3-5H2. The van der Waals surface area contributed by atoms with E-state index in [1.807, 2.05) is 0 Å². The van der Waals surface area contributed by atoms with Crippen LogP contribution in [0, 0.1) is 0 Å². The summed E-state index contributed by atoms with van der Waals surface area (Å²) in [5.74, 6) is 2.19. The molecule has 0 unspecified atom stereocenters. The highest BCUT2D eigenvalue weighted by Gasteiger charge is 2.13. The number of hydrogen-bond acceptors (Lipinski definition) is 3. The maximum absolute atomic E-state index is 5.42. The summed E-state index contributed by atoms with van der Waals surface area (Å²) in [6, 6.07) is 0. The molecule has 0 aromatic rings. The van der Waals surface area contributed by atoms with Crippen LogP contribution in [-0.2, 0) is 4.74 Å². The fourth-order valence-corrected chi connectivity index (χ4v) is 1.55. The second kappa shape index (κ2) is 2.66. The topological polar surface area (TPSA) is 21.6 Å². The Morgan fingerprint density at radius 2 is 2.50 bits per heavy atom. The van der Waals surface area contributed by atoms with Crippen LogP contribution in [0.25, 0.3) is 0 Å². The van der Waals surface area contributed by atoms with Gasteiger partial charge in [-0.25, -0.2) is 4.99 Å². The Morgan fingerprint density at radius 1 is 1.60 bits per heavy atom. The number of aliphatic imine (C=N–C) groups is 1. The van der Waals surface area contributed by atoms with Crippen molar-refractivity contribution in [1.29, 1.82) is 0 Å². The van der Waals surface area contributed by atoms with Crippen molar-refractivity contribution in [3.8, 4) is 0 Å². The van der Waals surface area contributed by atoms with Gasteiger partial charge in [0.15, 0.2) is 0 Å². The Hall–Kier alpha value is -0.440. The molecule has 0 spiro atoms. The molecule has 2 nitrogen and oxygen atoms in total. The minimum absolute atomic E-state index is 0.867. The molecule has 0 bridgehead atoms. The van der Waals surface area contributed by atoms with Gasteiger partial charge in [-0.1, -0.05) is 11.8 Å². The molecule has 0 amide bonds. The van der Waals surface area contributed by atoms with Crippen molar-refractivity contribution in [3.63, 3.8) is 0 Å². The van der Waals surface area contributed by atoms with E-state index in [1.165, 1.54) is 6.42 Å². The summed E-state index contributed by atoms with van der Waals surface area (Å²) >= 11 is 1.71. The van der Waals surface area contributed by atoms with Crippen LogP contribution in [-0.4, -0.2) is 17.5 Å². The molecule has 0 radical (unpaired) electrons. The molecule has 1 aliphatic heterocycles. The van der Waals surface area contributed by atoms with Gasteiger partial charge in [-0.05, 0) is 12.5 Å². The molecule has 2 aliphatic rings. The van der Waals surface area contributed by atoms with Gasteiger partial charge in [-0.2, -0.15) is 0 Å². The highest BCUT2D eigenvalue weighted by atomic mass is 32.2. The van der Waals surface area contributed by atoms with Crippen LogP contribution < -0.4 is 0 Å². The van der Waals surface area contributed by atoms with Crippen LogP contribution in [0.4, 0.5) is 0 Å². The number of ether oxygens (including phenoxy) is 1. The maximum atomic E-state index is 5.42. The van der Waals surface area contributed by atoms with Crippen LogP contribution in [0.3, 0.4) is 0 Å². The molecule has 1 aliphatic carbocycles. The van der Waals surface area contributed by atoms with Crippen LogP contribution in [0.5, 0.6) is 0 Å². The molecule has 0 fully saturated rings. The van der Waals surface area contributed by atoms with E-state index in [0.717, 1.165) is 29.7 Å². The monoisotopic (exact) mass is 155 g/mol. The van der Waals surface area contributed by atoms with Gasteiger partial charge in [-0.15, -0.1) is 0 Å². The third-order valence-electron chi connectivity index (χ3n) is 1.54. The summed E-state index contributed by atoms with van der Waals surface area (Å²) in [5.41, 5.74) is 0. The van der Waals surface area contributed by atoms with E-state index in [9.17, 15) is 0 Å². The van der Waals surface area contributed by atoms with Gasteiger partial charge in [0.2, 0.25) is 0 Å². The Bertz CT molecular complexity index is 198. The van der Waals surface area contributed by atoms with E-state index >= 15 is 0 Å². The molecule has 10 heavy (non-hydrogen) atoms. The summed E-state index contributed by atoms with van der Waals surface area (Å²) in [6.07, 6.45) is 4.38. The first-order valence-electron chi connectivity index (χ1n) is 3.49. The van der Waals surface area contributed by atoms with Crippen molar-refractivity contribution in [2.75, 3.05) is 12.3 Å². The minimum atomic E-state index is 0.867. The molecule has 0 aromatic heterocycles. The molecule has 3 heteroatoms.